The Labute approximate surface area is 270 Å². The average Bonchev–Trinajstić information content (AvgIpc) is 3.38. The van der Waals surface area contributed by atoms with Crippen LogP contribution in [0.25, 0.3) is 0 Å². The molecule has 2 atom stereocenters. The smallest absolute Gasteiger partial charge is 0.262 e. The van der Waals surface area contributed by atoms with E-state index < -0.39 is 23.4 Å². The molecule has 3 heterocycles. The number of hydrogen-bond donors (Lipinski definition) is 1. The maximum Gasteiger partial charge on any atom is 0.262 e. The van der Waals surface area contributed by atoms with Crippen LogP contribution in [0.15, 0.2) is 53.5 Å². The van der Waals surface area contributed by atoms with Crippen LogP contribution in [0.5, 0.6) is 0 Å². The number of nitrogens with one attached hydrogen (secondary N) is 1. The number of para-hydroxylation sites is 2. The van der Waals surface area contributed by atoms with Crippen molar-refractivity contribution < 1.29 is 18.3 Å². The van der Waals surface area contributed by atoms with Gasteiger partial charge >= 0.3 is 0 Å². The zero-order valence-corrected chi connectivity index (χ0v) is 28.6. The number of amides is 1. The van der Waals surface area contributed by atoms with E-state index in [1.54, 1.807) is 20.9 Å². The molecule has 1 amide bonds. The second kappa shape index (κ2) is 14.0. The van der Waals surface area contributed by atoms with Gasteiger partial charge in [0.2, 0.25) is 17.8 Å². The number of carbonyl (C=O) groups excluding carboxylic acids is 1. The SMILES string of the molecule is Cc1nn(C)c(F)c1C(=O)Nc1ccccc1C(C)CC(C)C.Cc1nn(C)c(F)c1C1=Nc2ccccc2C(C)(CC(C)C)O1. The van der Waals surface area contributed by atoms with E-state index >= 15 is 0 Å². The van der Waals surface area contributed by atoms with Crippen molar-refractivity contribution in [1.82, 2.24) is 19.6 Å². The van der Waals surface area contributed by atoms with E-state index in [-0.39, 0.29) is 5.56 Å². The van der Waals surface area contributed by atoms with Crippen LogP contribution in [0, 0.1) is 37.6 Å². The van der Waals surface area contributed by atoms with Crippen molar-refractivity contribution in [3.8, 4) is 0 Å². The predicted octanol–water partition coefficient (Wildman–Crippen LogP) is 8.51. The number of halogens is 2. The molecule has 1 N–H and O–H groups in total. The molecule has 46 heavy (non-hydrogen) atoms. The lowest BCUT2D eigenvalue weighted by Gasteiger charge is -2.36. The van der Waals surface area contributed by atoms with Crippen molar-refractivity contribution in [2.75, 3.05) is 5.32 Å². The fourth-order valence-electron chi connectivity index (χ4n) is 6.28. The first-order chi connectivity index (χ1) is 21.6. The lowest BCUT2D eigenvalue weighted by atomic mass is 9.85. The molecule has 5 rings (SSSR count). The van der Waals surface area contributed by atoms with Crippen molar-refractivity contribution in [2.24, 2.45) is 30.9 Å². The molecule has 0 aliphatic carbocycles. The standard InChI is InChI=1S/C18H22FN3O.C18H24FN3O/c1-11(2)10-18(4)13-8-6-7-9-14(13)20-17(23-18)15-12(3)21-22(5)16(15)19;1-11(2)10-12(3)14-8-6-7-9-15(14)20-18(23)16-13(4)21-22(5)17(16)19/h6-9,11H,10H2,1-5H3;6-9,11-12H,10H2,1-5H3,(H,20,23). The van der Waals surface area contributed by atoms with Crippen LogP contribution in [-0.2, 0) is 24.4 Å². The zero-order valence-electron chi connectivity index (χ0n) is 28.6. The molecule has 0 radical (unpaired) electrons. The van der Waals surface area contributed by atoms with E-state index in [1.165, 1.54) is 11.7 Å². The summed E-state index contributed by atoms with van der Waals surface area (Å²) in [5.41, 5.74) is 4.45. The number of aliphatic imine (C=N–C) groups is 1. The Morgan fingerprint density at radius 3 is 2.09 bits per heavy atom. The van der Waals surface area contributed by atoms with Crippen molar-refractivity contribution >= 4 is 23.2 Å². The molecule has 4 aromatic rings. The van der Waals surface area contributed by atoms with Crippen LogP contribution in [0.2, 0.25) is 0 Å². The monoisotopic (exact) mass is 632 g/mol. The molecule has 0 fully saturated rings. The normalized spacial score (nSPS) is 16.3. The van der Waals surface area contributed by atoms with Gasteiger partial charge in [0, 0.05) is 25.3 Å². The molecule has 10 heteroatoms. The average molecular weight is 633 g/mol. The Morgan fingerprint density at radius 2 is 1.50 bits per heavy atom. The summed E-state index contributed by atoms with van der Waals surface area (Å²) in [5, 5.41) is 10.9. The third kappa shape index (κ3) is 7.37. The van der Waals surface area contributed by atoms with Crippen LogP contribution in [0.1, 0.15) is 98.7 Å². The lowest BCUT2D eigenvalue weighted by Crippen LogP contribution is -2.34. The van der Waals surface area contributed by atoms with Gasteiger partial charge in [0.1, 0.15) is 16.7 Å². The highest BCUT2D eigenvalue weighted by Crippen LogP contribution is 2.42. The molecule has 246 valence electrons. The summed E-state index contributed by atoms with van der Waals surface area (Å²) in [6, 6.07) is 15.6. The van der Waals surface area contributed by atoms with E-state index in [1.807, 2.05) is 55.5 Å². The van der Waals surface area contributed by atoms with Gasteiger partial charge < -0.3 is 10.1 Å². The summed E-state index contributed by atoms with van der Waals surface area (Å²) in [7, 11) is 3.06. The number of nitrogens with zero attached hydrogens (tertiary/aromatic N) is 5. The number of carbonyl (C=O) groups is 1. The van der Waals surface area contributed by atoms with Crippen molar-refractivity contribution in [3.63, 3.8) is 0 Å². The van der Waals surface area contributed by atoms with Crippen molar-refractivity contribution in [3.05, 3.63) is 94.1 Å². The van der Waals surface area contributed by atoms with Gasteiger partial charge in [-0.25, -0.2) is 14.4 Å². The molecular formula is C36H46F2N6O2. The first kappa shape index (κ1) is 34.5. The number of fused-ring (bicyclic) bond motifs is 1. The van der Waals surface area contributed by atoms with Crippen LogP contribution in [-0.4, -0.2) is 31.4 Å². The Bertz CT molecular complexity index is 1740. The minimum Gasteiger partial charge on any atom is -0.466 e. The van der Waals surface area contributed by atoms with Gasteiger partial charge in [-0.05, 0) is 69.1 Å². The minimum atomic E-state index is -0.618. The van der Waals surface area contributed by atoms with Gasteiger partial charge in [-0.2, -0.15) is 19.0 Å². The Morgan fingerprint density at radius 1 is 0.891 bits per heavy atom. The number of hydrogen-bond acceptors (Lipinski definition) is 5. The molecule has 2 aromatic carbocycles. The highest BCUT2D eigenvalue weighted by molar-refractivity contribution is 6.05. The molecule has 1 aliphatic rings. The molecule has 8 nitrogen and oxygen atoms in total. The molecule has 1 aliphatic heterocycles. The van der Waals surface area contributed by atoms with E-state index in [0.717, 1.165) is 40.0 Å². The number of benzene rings is 2. The second-order valence-electron chi connectivity index (χ2n) is 13.2. The number of ether oxygens (including phenoxy) is 1. The fraction of sp³-hybridized carbons (Fsp3) is 0.444. The molecular weight excluding hydrogens is 586 g/mol. The second-order valence-corrected chi connectivity index (χ2v) is 13.2. The zero-order chi connectivity index (χ0) is 33.9. The largest absolute Gasteiger partial charge is 0.466 e. The van der Waals surface area contributed by atoms with Gasteiger partial charge in [-0.15, -0.1) is 0 Å². The van der Waals surface area contributed by atoms with Crippen molar-refractivity contribution in [1.29, 1.82) is 0 Å². The number of rotatable bonds is 8. The number of aryl methyl sites for hydroxylation is 4. The van der Waals surface area contributed by atoms with Gasteiger partial charge in [0.15, 0.2) is 0 Å². The number of anilines is 1. The van der Waals surface area contributed by atoms with Crippen LogP contribution in [0.3, 0.4) is 0 Å². The summed E-state index contributed by atoms with van der Waals surface area (Å²) in [6.07, 6.45) is 1.84. The molecule has 0 saturated carbocycles. The molecule has 0 spiro atoms. The van der Waals surface area contributed by atoms with Gasteiger partial charge in [0.25, 0.3) is 5.91 Å². The van der Waals surface area contributed by atoms with Gasteiger partial charge in [-0.1, -0.05) is 71.0 Å². The Balaban J connectivity index is 0.000000209. The van der Waals surface area contributed by atoms with Crippen molar-refractivity contribution in [2.45, 2.75) is 79.8 Å². The summed E-state index contributed by atoms with van der Waals surface area (Å²) in [5.74, 6) is 0.123. The third-order valence-corrected chi connectivity index (χ3v) is 8.13. The Kier molecular flexibility index (Phi) is 10.5. The topological polar surface area (TPSA) is 86.3 Å². The van der Waals surface area contributed by atoms with Gasteiger partial charge in [0.05, 0.1) is 17.1 Å². The summed E-state index contributed by atoms with van der Waals surface area (Å²) in [6.45, 7) is 16.2. The summed E-state index contributed by atoms with van der Waals surface area (Å²) in [4.78, 5) is 17.0. The molecule has 0 saturated heterocycles. The summed E-state index contributed by atoms with van der Waals surface area (Å²) < 4.78 is 37.0. The van der Waals surface area contributed by atoms with Crippen LogP contribution < -0.4 is 5.32 Å². The number of aromatic nitrogens is 4. The molecule has 2 unspecified atom stereocenters. The van der Waals surface area contributed by atoms with Crippen LogP contribution in [0.4, 0.5) is 20.2 Å². The maximum atomic E-state index is 14.4. The minimum absolute atomic E-state index is 0.00110. The van der Waals surface area contributed by atoms with E-state index in [2.05, 4.69) is 55.1 Å². The summed E-state index contributed by atoms with van der Waals surface area (Å²) >= 11 is 0. The van der Waals surface area contributed by atoms with E-state index in [0.29, 0.717) is 40.6 Å². The van der Waals surface area contributed by atoms with Gasteiger partial charge in [-0.3, -0.25) is 4.79 Å². The fourth-order valence-corrected chi connectivity index (χ4v) is 6.28. The van der Waals surface area contributed by atoms with Crippen LogP contribution >= 0.6 is 0 Å². The lowest BCUT2D eigenvalue weighted by molar-refractivity contribution is 0.0470. The Hall–Kier alpha value is -4.34. The third-order valence-electron chi connectivity index (χ3n) is 8.13. The quantitative estimate of drug-likeness (QED) is 0.211. The first-order valence-electron chi connectivity index (χ1n) is 15.8. The maximum absolute atomic E-state index is 14.4. The highest BCUT2D eigenvalue weighted by atomic mass is 19.1. The van der Waals surface area contributed by atoms with E-state index in [4.69, 9.17) is 4.74 Å². The highest BCUT2D eigenvalue weighted by Gasteiger charge is 2.38. The predicted molar refractivity (Wildman–Crippen MR) is 179 cm³/mol. The van der Waals surface area contributed by atoms with E-state index in [9.17, 15) is 13.6 Å². The first-order valence-corrected chi connectivity index (χ1v) is 15.8. The molecule has 0 bridgehead atoms. The molecule has 2 aromatic heterocycles.